The van der Waals surface area contributed by atoms with Gasteiger partial charge in [0, 0.05) is 26.6 Å². The molecule has 0 spiro atoms. The van der Waals surface area contributed by atoms with Crippen molar-refractivity contribution in [3.63, 3.8) is 0 Å². The van der Waals surface area contributed by atoms with Gasteiger partial charge >= 0.3 is 0 Å². The maximum Gasteiger partial charge on any atom is 0.239 e. The molecule has 0 amide bonds. The van der Waals surface area contributed by atoms with E-state index in [0.29, 0.717) is 63.5 Å². The predicted molar refractivity (Wildman–Crippen MR) is 167 cm³/mol. The highest BCUT2D eigenvalue weighted by atomic mass is 35.5. The molecule has 4 rings (SSSR count). The van der Waals surface area contributed by atoms with Crippen LogP contribution in [0.25, 0.3) is 33.0 Å². The molecule has 0 aromatic heterocycles. The fourth-order valence-corrected chi connectivity index (χ4v) is 8.32. The summed E-state index contributed by atoms with van der Waals surface area (Å²) in [7, 11) is -9.25. The zero-order valence-corrected chi connectivity index (χ0v) is 26.3. The molecule has 0 fully saturated rings. The van der Waals surface area contributed by atoms with Crippen LogP contribution in [0.2, 0.25) is 10.0 Å². The number of fused-ring (bicyclic) bond motifs is 1. The number of primary sulfonamides is 2. The number of sulfonamides is 2. The molecule has 4 aromatic carbocycles. The van der Waals surface area contributed by atoms with Crippen LogP contribution in [0.5, 0.6) is 5.75 Å². The highest BCUT2D eigenvalue weighted by Crippen LogP contribution is 2.51. The highest BCUT2D eigenvalue weighted by molar-refractivity contribution is 7.90. The Hall–Kier alpha value is -2.66. The Labute approximate surface area is 251 Å². The van der Waals surface area contributed by atoms with Crippen LogP contribution in [0, 0.1) is 0 Å². The fraction of sp³-hybridized carbons (Fsp3) is 0.267. The van der Waals surface area contributed by atoms with Gasteiger partial charge in [-0.25, -0.2) is 27.1 Å². The number of nitrogens with two attached hydrogens (primary N) is 2. The second-order valence-electron chi connectivity index (χ2n) is 9.76. The van der Waals surface area contributed by atoms with Crippen molar-refractivity contribution in [1.82, 2.24) is 0 Å². The Morgan fingerprint density at radius 2 is 1.07 bits per heavy atom. The number of rotatable bonds is 8. The van der Waals surface area contributed by atoms with E-state index in [1.54, 1.807) is 18.2 Å². The number of halogens is 2. The molecule has 0 aliphatic carbocycles. The molecule has 4 aromatic rings. The second kappa shape index (κ2) is 11.6. The lowest BCUT2D eigenvalue weighted by Crippen LogP contribution is -2.21. The van der Waals surface area contributed by atoms with Crippen molar-refractivity contribution < 1.29 is 21.9 Å². The van der Waals surface area contributed by atoms with Crippen molar-refractivity contribution in [3.05, 3.63) is 74.8 Å². The topological polar surface area (TPSA) is 141 Å². The zero-order chi connectivity index (χ0) is 30.4. The average molecular weight is 636 g/mol. The normalized spacial score (nSPS) is 12.3. The maximum atomic E-state index is 13.8. The van der Waals surface area contributed by atoms with Gasteiger partial charge in [-0.2, -0.15) is 0 Å². The van der Waals surface area contributed by atoms with Crippen LogP contribution in [0.1, 0.15) is 49.9 Å². The van der Waals surface area contributed by atoms with Crippen LogP contribution in [0.3, 0.4) is 0 Å². The Bertz CT molecular complexity index is 1920. The van der Waals surface area contributed by atoms with Crippen LogP contribution >= 0.6 is 23.2 Å². The first-order valence-electron chi connectivity index (χ1n) is 13.2. The van der Waals surface area contributed by atoms with Gasteiger partial charge in [-0.1, -0.05) is 63.0 Å². The van der Waals surface area contributed by atoms with Crippen LogP contribution in [-0.2, 0) is 45.7 Å². The highest BCUT2D eigenvalue weighted by Gasteiger charge is 2.35. The standard InChI is InChI=1S/C30H32Cl2N2O5S2/c1-5-16-9-13-23(31)19(7-3)25(16)27-21-12-11-18(35)15-22(21)29(40(33,36)37)28(30(27)41(34,38)39)26-17(6-2)10-14-24(32)20(26)8-4/h9-15,35H,5-8H2,1-4H3,(H2,33,36,37)(H2,34,38,39). The molecule has 0 aliphatic heterocycles. The summed E-state index contributed by atoms with van der Waals surface area (Å²) in [6.45, 7) is 7.54. The van der Waals surface area contributed by atoms with E-state index in [1.165, 1.54) is 18.2 Å². The van der Waals surface area contributed by atoms with E-state index < -0.39 is 29.8 Å². The molecule has 11 heteroatoms. The van der Waals surface area contributed by atoms with Gasteiger partial charge in [-0.05, 0) is 94.8 Å². The minimum Gasteiger partial charge on any atom is -0.508 e. The molecular formula is C30H32Cl2N2O5S2. The van der Waals surface area contributed by atoms with Gasteiger partial charge in [0.15, 0.2) is 0 Å². The first-order chi connectivity index (χ1) is 19.2. The Balaban J connectivity index is 2.57. The van der Waals surface area contributed by atoms with Crippen LogP contribution < -0.4 is 10.3 Å². The molecule has 218 valence electrons. The molecule has 0 atom stereocenters. The lowest BCUT2D eigenvalue weighted by Gasteiger charge is -2.26. The third-order valence-corrected chi connectivity index (χ3v) is 10.1. The summed E-state index contributed by atoms with van der Waals surface area (Å²) in [5.74, 6) is -0.224. The van der Waals surface area contributed by atoms with E-state index in [1.807, 2.05) is 33.8 Å². The molecule has 0 radical (unpaired) electrons. The smallest absolute Gasteiger partial charge is 0.239 e. The molecule has 7 nitrogen and oxygen atoms in total. The van der Waals surface area contributed by atoms with Gasteiger partial charge < -0.3 is 5.11 Å². The lowest BCUT2D eigenvalue weighted by atomic mass is 9.84. The predicted octanol–water partition coefficient (Wildman–Crippen LogP) is 6.73. The van der Waals surface area contributed by atoms with Gasteiger partial charge in [0.25, 0.3) is 0 Å². The molecule has 0 saturated heterocycles. The molecule has 0 unspecified atom stereocenters. The van der Waals surface area contributed by atoms with Gasteiger partial charge in [-0.3, -0.25) is 0 Å². The van der Waals surface area contributed by atoms with Crippen molar-refractivity contribution in [1.29, 1.82) is 0 Å². The van der Waals surface area contributed by atoms with Crippen molar-refractivity contribution >= 4 is 54.0 Å². The number of aromatic hydroxyl groups is 1. The third kappa shape index (κ3) is 5.47. The first-order valence-corrected chi connectivity index (χ1v) is 17.0. The van der Waals surface area contributed by atoms with Crippen molar-refractivity contribution in [2.45, 2.75) is 63.2 Å². The van der Waals surface area contributed by atoms with Gasteiger partial charge in [0.05, 0.1) is 9.79 Å². The van der Waals surface area contributed by atoms with Crippen LogP contribution in [-0.4, -0.2) is 21.9 Å². The first kappa shape index (κ1) is 31.3. The molecule has 0 aliphatic rings. The van der Waals surface area contributed by atoms with Crippen molar-refractivity contribution in [2.24, 2.45) is 10.3 Å². The third-order valence-electron chi connectivity index (χ3n) is 7.42. The van der Waals surface area contributed by atoms with E-state index >= 15 is 0 Å². The van der Waals surface area contributed by atoms with E-state index in [9.17, 15) is 21.9 Å². The Kier molecular flexibility index (Phi) is 8.81. The van der Waals surface area contributed by atoms with Gasteiger partial charge in [0.2, 0.25) is 20.0 Å². The summed E-state index contributed by atoms with van der Waals surface area (Å²) in [6.07, 6.45) is 1.77. The number of benzene rings is 4. The van der Waals surface area contributed by atoms with E-state index in [2.05, 4.69) is 0 Å². The molecule has 41 heavy (non-hydrogen) atoms. The summed E-state index contributed by atoms with van der Waals surface area (Å²) < 4.78 is 54.6. The summed E-state index contributed by atoms with van der Waals surface area (Å²) in [5, 5.41) is 23.5. The van der Waals surface area contributed by atoms with E-state index in [4.69, 9.17) is 33.5 Å². The summed E-state index contributed by atoms with van der Waals surface area (Å²) in [6, 6.07) is 11.1. The SMILES string of the molecule is CCc1ccc(Cl)c(CC)c1-c1c(S(N)(=O)=O)c(-c2c(CC)ccc(Cl)c2CC)c2ccc(O)cc2c1S(N)(=O)=O. The van der Waals surface area contributed by atoms with Crippen LogP contribution in [0.15, 0.2) is 52.3 Å². The van der Waals surface area contributed by atoms with Gasteiger partial charge in [-0.15, -0.1) is 0 Å². The number of aryl methyl sites for hydroxylation is 2. The maximum absolute atomic E-state index is 13.8. The fourth-order valence-electron chi connectivity index (χ4n) is 5.72. The molecular weight excluding hydrogens is 603 g/mol. The molecule has 0 saturated carbocycles. The summed E-state index contributed by atoms with van der Waals surface area (Å²) >= 11 is 13.3. The number of phenolic OH excluding ortho intramolecular Hbond substituents is 1. The lowest BCUT2D eigenvalue weighted by molar-refractivity contribution is 0.476. The monoisotopic (exact) mass is 634 g/mol. The minimum absolute atomic E-state index is 0.0538. The molecule has 0 bridgehead atoms. The number of hydrogen-bond donors (Lipinski definition) is 3. The number of phenols is 1. The van der Waals surface area contributed by atoms with Gasteiger partial charge in [0.1, 0.15) is 5.75 Å². The Morgan fingerprint density at radius 3 is 1.49 bits per heavy atom. The van der Waals surface area contributed by atoms with E-state index in [0.717, 1.165) is 5.56 Å². The minimum atomic E-state index is -4.64. The van der Waals surface area contributed by atoms with Crippen molar-refractivity contribution in [3.8, 4) is 28.0 Å². The summed E-state index contributed by atoms with van der Waals surface area (Å²) in [4.78, 5) is -0.848. The van der Waals surface area contributed by atoms with Crippen molar-refractivity contribution in [2.75, 3.05) is 0 Å². The Morgan fingerprint density at radius 1 is 0.610 bits per heavy atom. The summed E-state index contributed by atoms with van der Waals surface area (Å²) in [5.41, 5.74) is 3.58. The van der Waals surface area contributed by atoms with Crippen LogP contribution in [0.4, 0.5) is 0 Å². The molecule has 5 N–H and O–H groups in total. The quantitative estimate of drug-likeness (QED) is 0.197. The average Bonchev–Trinajstić information content (AvgIpc) is 2.89. The number of hydrogen-bond acceptors (Lipinski definition) is 5. The van der Waals surface area contributed by atoms with E-state index in [-0.39, 0.29) is 27.6 Å². The largest absolute Gasteiger partial charge is 0.508 e. The molecule has 0 heterocycles. The zero-order valence-electron chi connectivity index (χ0n) is 23.2. The second-order valence-corrected chi connectivity index (χ2v) is 13.6.